The maximum Gasteiger partial charge on any atom is 0.225 e. The summed E-state index contributed by atoms with van der Waals surface area (Å²) < 4.78 is 12.9. The molecule has 1 fully saturated rings. The van der Waals surface area contributed by atoms with E-state index in [9.17, 15) is 9.18 Å². The van der Waals surface area contributed by atoms with Crippen molar-refractivity contribution in [2.75, 3.05) is 36.4 Å². The summed E-state index contributed by atoms with van der Waals surface area (Å²) in [5.74, 6) is -0.206. The largest absolute Gasteiger partial charge is 0.372 e. The molecule has 0 radical (unpaired) electrons. The predicted octanol–water partition coefficient (Wildman–Crippen LogP) is 3.98. The summed E-state index contributed by atoms with van der Waals surface area (Å²) in [6.45, 7) is 3.63. The number of carbonyl (C=O) groups is 1. The summed E-state index contributed by atoms with van der Waals surface area (Å²) in [6, 6.07) is 14.6. The Kier molecular flexibility index (Phi) is 7.22. The first kappa shape index (κ1) is 19.4. The van der Waals surface area contributed by atoms with Gasteiger partial charge in [-0.25, -0.2) is 4.39 Å². The van der Waals surface area contributed by atoms with Gasteiger partial charge in [-0.05, 0) is 74.2 Å². The number of nitrogens with one attached hydrogen (secondary N) is 2. The van der Waals surface area contributed by atoms with E-state index >= 15 is 0 Å². The van der Waals surface area contributed by atoms with Crippen LogP contribution in [0, 0.1) is 5.82 Å². The molecule has 2 N–H and O–H groups in total. The molecule has 1 amide bonds. The maximum atomic E-state index is 12.9. The first-order valence-electron chi connectivity index (χ1n) is 9.81. The number of halogens is 1. The van der Waals surface area contributed by atoms with E-state index < -0.39 is 0 Å². The van der Waals surface area contributed by atoms with Crippen LogP contribution in [0.25, 0.3) is 0 Å². The molecular formula is C22H28FN3O. The Balaban J connectivity index is 1.33. The summed E-state index contributed by atoms with van der Waals surface area (Å²) in [5.41, 5.74) is 3.16. The number of anilines is 2. The van der Waals surface area contributed by atoms with Gasteiger partial charge in [0.2, 0.25) is 5.91 Å². The van der Waals surface area contributed by atoms with Crippen LogP contribution in [0.2, 0.25) is 0 Å². The minimum Gasteiger partial charge on any atom is -0.372 e. The third kappa shape index (κ3) is 6.36. The van der Waals surface area contributed by atoms with Crippen LogP contribution < -0.4 is 15.5 Å². The first-order valence-corrected chi connectivity index (χ1v) is 9.81. The lowest BCUT2D eigenvalue weighted by atomic mass is 10.1. The van der Waals surface area contributed by atoms with Crippen molar-refractivity contribution < 1.29 is 9.18 Å². The number of rotatable bonds is 8. The molecule has 3 rings (SSSR count). The number of hydrogen-bond donors (Lipinski definition) is 2. The van der Waals surface area contributed by atoms with E-state index in [1.54, 1.807) is 12.1 Å². The van der Waals surface area contributed by atoms with Crippen molar-refractivity contribution in [1.82, 2.24) is 5.32 Å². The van der Waals surface area contributed by atoms with Crippen molar-refractivity contribution in [2.45, 2.75) is 32.1 Å². The molecule has 0 unspecified atom stereocenters. The van der Waals surface area contributed by atoms with E-state index in [-0.39, 0.29) is 11.7 Å². The third-order valence-electron chi connectivity index (χ3n) is 4.90. The van der Waals surface area contributed by atoms with E-state index in [1.807, 2.05) is 12.1 Å². The van der Waals surface area contributed by atoms with E-state index in [1.165, 1.54) is 37.1 Å². The quantitative estimate of drug-likeness (QED) is 0.692. The Morgan fingerprint density at radius 2 is 1.63 bits per heavy atom. The summed E-state index contributed by atoms with van der Waals surface area (Å²) in [7, 11) is 0. The zero-order chi connectivity index (χ0) is 18.9. The van der Waals surface area contributed by atoms with Gasteiger partial charge in [0.05, 0.1) is 0 Å². The monoisotopic (exact) mass is 369 g/mol. The van der Waals surface area contributed by atoms with Gasteiger partial charge in [0.15, 0.2) is 0 Å². The van der Waals surface area contributed by atoms with Crippen LogP contribution in [0.5, 0.6) is 0 Å². The molecule has 1 aliphatic heterocycles. The Bertz CT molecular complexity index is 709. The molecule has 144 valence electrons. The highest BCUT2D eigenvalue weighted by Gasteiger charge is 2.10. The number of carbonyl (C=O) groups excluding carboxylic acids is 1. The number of amides is 1. The molecule has 1 aliphatic rings. The van der Waals surface area contributed by atoms with Gasteiger partial charge in [-0.15, -0.1) is 0 Å². The summed E-state index contributed by atoms with van der Waals surface area (Å²) in [4.78, 5) is 14.5. The van der Waals surface area contributed by atoms with Gasteiger partial charge in [-0.1, -0.05) is 12.1 Å². The van der Waals surface area contributed by atoms with Crippen molar-refractivity contribution in [3.63, 3.8) is 0 Å². The van der Waals surface area contributed by atoms with Gasteiger partial charge in [0, 0.05) is 37.4 Å². The maximum absolute atomic E-state index is 12.9. The SMILES string of the molecule is O=C(CCNCCc1ccc(F)cc1)Nc1ccc(N2CCCCC2)cc1. The van der Waals surface area contributed by atoms with Crippen LogP contribution in [0.15, 0.2) is 48.5 Å². The number of piperidine rings is 1. The molecular weight excluding hydrogens is 341 g/mol. The molecule has 0 spiro atoms. The molecule has 1 heterocycles. The van der Waals surface area contributed by atoms with E-state index in [0.29, 0.717) is 13.0 Å². The van der Waals surface area contributed by atoms with E-state index in [0.717, 1.165) is 37.3 Å². The fraction of sp³-hybridized carbons (Fsp3) is 0.409. The van der Waals surface area contributed by atoms with E-state index in [4.69, 9.17) is 0 Å². The Morgan fingerprint density at radius 3 is 2.33 bits per heavy atom. The average Bonchev–Trinajstić information content (AvgIpc) is 2.70. The lowest BCUT2D eigenvalue weighted by molar-refractivity contribution is -0.116. The number of nitrogens with zero attached hydrogens (tertiary/aromatic N) is 1. The van der Waals surface area contributed by atoms with Gasteiger partial charge in [-0.2, -0.15) is 0 Å². The Labute approximate surface area is 160 Å². The summed E-state index contributed by atoms with van der Waals surface area (Å²) >= 11 is 0. The molecule has 1 saturated heterocycles. The minimum atomic E-state index is -0.215. The van der Waals surface area contributed by atoms with Gasteiger partial charge < -0.3 is 15.5 Å². The fourth-order valence-corrected chi connectivity index (χ4v) is 3.34. The molecule has 2 aromatic rings. The molecule has 0 bridgehead atoms. The number of benzene rings is 2. The zero-order valence-corrected chi connectivity index (χ0v) is 15.7. The highest BCUT2D eigenvalue weighted by atomic mass is 19.1. The molecule has 0 aromatic heterocycles. The van der Waals surface area contributed by atoms with Crippen LogP contribution in [0.4, 0.5) is 15.8 Å². The van der Waals surface area contributed by atoms with Crippen molar-refractivity contribution in [2.24, 2.45) is 0 Å². The standard InChI is InChI=1S/C22H28FN3O/c23-19-6-4-18(5-7-19)12-14-24-15-13-22(27)25-20-8-10-21(11-9-20)26-16-2-1-3-17-26/h4-11,24H,1-3,12-17H2,(H,25,27). The van der Waals surface area contributed by atoms with Crippen LogP contribution in [0.1, 0.15) is 31.2 Å². The average molecular weight is 369 g/mol. The second kappa shape index (κ2) is 10.1. The summed E-state index contributed by atoms with van der Waals surface area (Å²) in [5, 5.41) is 6.20. The van der Waals surface area contributed by atoms with Crippen molar-refractivity contribution in [1.29, 1.82) is 0 Å². The summed E-state index contributed by atoms with van der Waals surface area (Å²) in [6.07, 6.45) is 5.08. The predicted molar refractivity (Wildman–Crippen MR) is 109 cm³/mol. The van der Waals surface area contributed by atoms with E-state index in [2.05, 4.69) is 27.7 Å². The first-order chi connectivity index (χ1) is 13.2. The van der Waals surface area contributed by atoms with Gasteiger partial charge >= 0.3 is 0 Å². The van der Waals surface area contributed by atoms with Crippen LogP contribution in [0.3, 0.4) is 0 Å². The Morgan fingerprint density at radius 1 is 0.926 bits per heavy atom. The van der Waals surface area contributed by atoms with Gasteiger partial charge in [-0.3, -0.25) is 4.79 Å². The zero-order valence-electron chi connectivity index (χ0n) is 15.7. The second-order valence-electron chi connectivity index (χ2n) is 7.02. The molecule has 0 saturated carbocycles. The molecule has 27 heavy (non-hydrogen) atoms. The molecule has 5 heteroatoms. The smallest absolute Gasteiger partial charge is 0.225 e. The highest BCUT2D eigenvalue weighted by Crippen LogP contribution is 2.21. The number of hydrogen-bond acceptors (Lipinski definition) is 3. The molecule has 0 aliphatic carbocycles. The van der Waals surface area contributed by atoms with Gasteiger partial charge in [0.1, 0.15) is 5.82 Å². The van der Waals surface area contributed by atoms with Crippen LogP contribution >= 0.6 is 0 Å². The normalized spacial score (nSPS) is 14.2. The van der Waals surface area contributed by atoms with Crippen molar-refractivity contribution in [3.05, 3.63) is 59.9 Å². The Hall–Kier alpha value is -2.40. The highest BCUT2D eigenvalue weighted by molar-refractivity contribution is 5.91. The molecule has 2 aromatic carbocycles. The topological polar surface area (TPSA) is 44.4 Å². The second-order valence-corrected chi connectivity index (χ2v) is 7.02. The van der Waals surface area contributed by atoms with Crippen LogP contribution in [-0.4, -0.2) is 32.1 Å². The van der Waals surface area contributed by atoms with Crippen LogP contribution in [-0.2, 0) is 11.2 Å². The van der Waals surface area contributed by atoms with Gasteiger partial charge in [0.25, 0.3) is 0 Å². The van der Waals surface area contributed by atoms with Crippen molar-refractivity contribution in [3.8, 4) is 0 Å². The lowest BCUT2D eigenvalue weighted by Crippen LogP contribution is -2.29. The van der Waals surface area contributed by atoms with Crippen molar-refractivity contribution >= 4 is 17.3 Å². The third-order valence-corrected chi connectivity index (χ3v) is 4.90. The lowest BCUT2D eigenvalue weighted by Gasteiger charge is -2.28. The minimum absolute atomic E-state index is 0.00926. The molecule has 4 nitrogen and oxygen atoms in total. The molecule has 0 atom stereocenters. The fourth-order valence-electron chi connectivity index (χ4n) is 3.34.